The summed E-state index contributed by atoms with van der Waals surface area (Å²) >= 11 is 6.10. The second-order valence-electron chi connectivity index (χ2n) is 11.7. The summed E-state index contributed by atoms with van der Waals surface area (Å²) in [5, 5.41) is 2.95. The second kappa shape index (κ2) is 15.0. The standard InChI is InChI=1S/C36H48S3/c1-3-5-7-9-11-13-15-17-19-27-21-23-29-31(25-27)37-35-33(29)39-34-30-24-22-28(26-32(30)38-36(34)35)20-18-16-14-12-10-8-6-4-2/h21-26H,3-20H2,1-2H3. The van der Waals surface area contributed by atoms with Crippen LogP contribution >= 0.6 is 34.0 Å². The fourth-order valence-corrected chi connectivity index (χ4v) is 10.5. The predicted octanol–water partition coefficient (Wildman–Crippen LogP) is 13.9. The highest BCUT2D eigenvalue weighted by atomic mass is 32.1. The number of aryl methyl sites for hydroxylation is 2. The van der Waals surface area contributed by atoms with E-state index in [1.54, 1.807) is 0 Å². The van der Waals surface area contributed by atoms with Crippen LogP contribution in [0.3, 0.4) is 0 Å². The lowest BCUT2D eigenvalue weighted by Gasteiger charge is -2.03. The Morgan fingerprint density at radius 1 is 0.410 bits per heavy atom. The number of rotatable bonds is 18. The fraction of sp³-hybridized carbons (Fsp3) is 0.556. The van der Waals surface area contributed by atoms with E-state index in [-0.39, 0.29) is 0 Å². The lowest BCUT2D eigenvalue weighted by atomic mass is 10.0. The molecule has 0 radical (unpaired) electrons. The SMILES string of the molecule is CCCCCCCCCCc1ccc2c(c1)sc1c2sc2c3ccc(CCCCCCCCCC)cc3sc21. The summed E-state index contributed by atoms with van der Waals surface area (Å²) in [7, 11) is 0. The Labute approximate surface area is 248 Å². The van der Waals surface area contributed by atoms with Crippen LogP contribution in [0.2, 0.25) is 0 Å². The van der Waals surface area contributed by atoms with Crippen molar-refractivity contribution in [2.24, 2.45) is 0 Å². The Bertz CT molecular complexity index is 1340. The molecule has 0 fully saturated rings. The summed E-state index contributed by atoms with van der Waals surface area (Å²) in [5.74, 6) is 0. The molecule has 0 nitrogen and oxygen atoms in total. The van der Waals surface area contributed by atoms with E-state index in [0.717, 1.165) is 0 Å². The van der Waals surface area contributed by atoms with Crippen molar-refractivity contribution in [1.29, 1.82) is 0 Å². The summed E-state index contributed by atoms with van der Waals surface area (Å²) in [6.07, 6.45) is 24.8. The van der Waals surface area contributed by atoms with Gasteiger partial charge in [-0.05, 0) is 48.9 Å². The summed E-state index contributed by atoms with van der Waals surface area (Å²) in [4.78, 5) is 0. The first-order valence-corrected chi connectivity index (χ1v) is 18.5. The number of thiophene rings is 3. The summed E-state index contributed by atoms with van der Waals surface area (Å²) in [5.41, 5.74) is 3.06. The molecule has 39 heavy (non-hydrogen) atoms. The first-order chi connectivity index (χ1) is 19.3. The van der Waals surface area contributed by atoms with Gasteiger partial charge in [-0.3, -0.25) is 0 Å². The van der Waals surface area contributed by atoms with Crippen molar-refractivity contribution >= 4 is 73.0 Å². The van der Waals surface area contributed by atoms with Crippen molar-refractivity contribution in [3.8, 4) is 0 Å². The molecule has 3 heteroatoms. The van der Waals surface area contributed by atoms with Crippen LogP contribution in [0, 0.1) is 0 Å². The molecule has 5 rings (SSSR count). The molecule has 0 N–H and O–H groups in total. The number of unbranched alkanes of at least 4 members (excludes halogenated alkanes) is 14. The van der Waals surface area contributed by atoms with Gasteiger partial charge in [0.15, 0.2) is 0 Å². The highest BCUT2D eigenvalue weighted by Gasteiger charge is 2.17. The summed E-state index contributed by atoms with van der Waals surface area (Å²) in [6.45, 7) is 4.60. The average molecular weight is 577 g/mol. The molecule has 0 amide bonds. The van der Waals surface area contributed by atoms with Gasteiger partial charge in [-0.2, -0.15) is 0 Å². The molecule has 5 aromatic rings. The van der Waals surface area contributed by atoms with E-state index in [0.29, 0.717) is 0 Å². The summed E-state index contributed by atoms with van der Waals surface area (Å²) in [6, 6.07) is 14.6. The Balaban J connectivity index is 1.19. The van der Waals surface area contributed by atoms with Crippen LogP contribution in [0.25, 0.3) is 39.0 Å². The molecule has 0 saturated carbocycles. The second-order valence-corrected chi connectivity index (χ2v) is 14.9. The van der Waals surface area contributed by atoms with Gasteiger partial charge >= 0.3 is 0 Å². The minimum Gasteiger partial charge on any atom is -0.133 e. The maximum absolute atomic E-state index is 2.50. The normalized spacial score (nSPS) is 12.2. The first kappa shape index (κ1) is 29.1. The van der Waals surface area contributed by atoms with Crippen LogP contribution in [0.5, 0.6) is 0 Å². The molecule has 0 aliphatic carbocycles. The zero-order chi connectivity index (χ0) is 26.9. The molecule has 3 heterocycles. The van der Waals surface area contributed by atoms with E-state index in [4.69, 9.17) is 0 Å². The molecule has 0 bridgehead atoms. The third kappa shape index (κ3) is 7.46. The molecule has 0 aliphatic rings. The van der Waals surface area contributed by atoms with Crippen LogP contribution in [0.15, 0.2) is 36.4 Å². The van der Waals surface area contributed by atoms with Crippen molar-refractivity contribution in [3.63, 3.8) is 0 Å². The minimum absolute atomic E-state index is 1.23. The number of hydrogen-bond acceptors (Lipinski definition) is 3. The average Bonchev–Trinajstić information content (AvgIpc) is 3.59. The fourth-order valence-electron chi connectivity index (χ4n) is 6.08. The van der Waals surface area contributed by atoms with Crippen molar-refractivity contribution in [2.45, 2.75) is 129 Å². The van der Waals surface area contributed by atoms with Crippen LogP contribution in [-0.4, -0.2) is 0 Å². The largest absolute Gasteiger partial charge is 0.133 e. The number of benzene rings is 2. The molecular formula is C36H48S3. The van der Waals surface area contributed by atoms with E-state index < -0.39 is 0 Å². The molecule has 2 aromatic carbocycles. The quantitative estimate of drug-likeness (QED) is 0.0910. The van der Waals surface area contributed by atoms with Gasteiger partial charge in [0.1, 0.15) is 0 Å². The first-order valence-electron chi connectivity index (χ1n) is 16.1. The third-order valence-corrected chi connectivity index (χ3v) is 12.5. The number of fused-ring (bicyclic) bond motifs is 7. The predicted molar refractivity (Wildman–Crippen MR) is 183 cm³/mol. The topological polar surface area (TPSA) is 0 Å². The molecule has 0 saturated heterocycles. The van der Waals surface area contributed by atoms with Gasteiger partial charge in [-0.1, -0.05) is 128 Å². The van der Waals surface area contributed by atoms with Crippen LogP contribution in [-0.2, 0) is 12.8 Å². The molecule has 210 valence electrons. The lowest BCUT2D eigenvalue weighted by molar-refractivity contribution is 0.575. The zero-order valence-electron chi connectivity index (χ0n) is 24.4. The van der Waals surface area contributed by atoms with E-state index in [2.05, 4.69) is 50.2 Å². The van der Waals surface area contributed by atoms with E-state index >= 15 is 0 Å². The summed E-state index contributed by atoms with van der Waals surface area (Å²) < 4.78 is 9.06. The Kier molecular flexibility index (Phi) is 11.2. The third-order valence-electron chi connectivity index (χ3n) is 8.47. The van der Waals surface area contributed by atoms with Gasteiger partial charge in [0, 0.05) is 20.2 Å². The van der Waals surface area contributed by atoms with E-state index in [1.807, 2.05) is 34.0 Å². The maximum Gasteiger partial charge on any atom is 0.0642 e. The van der Waals surface area contributed by atoms with Gasteiger partial charge in [0.05, 0.1) is 18.8 Å². The van der Waals surface area contributed by atoms with Crippen molar-refractivity contribution in [2.75, 3.05) is 0 Å². The number of hydrogen-bond donors (Lipinski definition) is 0. The molecule has 0 aliphatic heterocycles. The maximum atomic E-state index is 2.50. The van der Waals surface area contributed by atoms with Gasteiger partial charge < -0.3 is 0 Å². The monoisotopic (exact) mass is 576 g/mol. The Morgan fingerprint density at radius 2 is 0.795 bits per heavy atom. The zero-order valence-corrected chi connectivity index (χ0v) is 26.9. The highest BCUT2D eigenvalue weighted by Crippen LogP contribution is 2.50. The Morgan fingerprint density at radius 3 is 1.21 bits per heavy atom. The van der Waals surface area contributed by atoms with Gasteiger partial charge in [-0.15, -0.1) is 34.0 Å². The van der Waals surface area contributed by atoms with Gasteiger partial charge in [0.25, 0.3) is 0 Å². The molecule has 3 aromatic heterocycles. The van der Waals surface area contributed by atoms with Gasteiger partial charge in [-0.25, -0.2) is 0 Å². The van der Waals surface area contributed by atoms with E-state index in [9.17, 15) is 0 Å². The highest BCUT2D eigenvalue weighted by molar-refractivity contribution is 7.43. The lowest BCUT2D eigenvalue weighted by Crippen LogP contribution is -1.86. The Hall–Kier alpha value is -1.42. The molecular weight excluding hydrogens is 529 g/mol. The van der Waals surface area contributed by atoms with Crippen LogP contribution in [0.1, 0.15) is 128 Å². The molecule has 0 unspecified atom stereocenters. The molecule has 0 spiro atoms. The smallest absolute Gasteiger partial charge is 0.0642 e. The van der Waals surface area contributed by atoms with Crippen molar-refractivity contribution < 1.29 is 0 Å². The van der Waals surface area contributed by atoms with Crippen molar-refractivity contribution in [3.05, 3.63) is 47.5 Å². The van der Waals surface area contributed by atoms with Crippen molar-refractivity contribution in [1.82, 2.24) is 0 Å². The van der Waals surface area contributed by atoms with Gasteiger partial charge in [0.2, 0.25) is 0 Å². The minimum atomic E-state index is 1.23. The molecule has 0 atom stereocenters. The van der Waals surface area contributed by atoms with E-state index in [1.165, 1.54) is 166 Å². The van der Waals surface area contributed by atoms with Crippen LogP contribution < -0.4 is 0 Å². The van der Waals surface area contributed by atoms with Crippen LogP contribution in [0.4, 0.5) is 0 Å².